The van der Waals surface area contributed by atoms with E-state index in [1.54, 1.807) is 30.3 Å². The molecular formula is C17H22N2O7S. The third-order valence-corrected chi connectivity index (χ3v) is 5.64. The van der Waals surface area contributed by atoms with Crippen LogP contribution in [0, 0.1) is 0 Å². The van der Waals surface area contributed by atoms with Gasteiger partial charge in [-0.05, 0) is 24.8 Å². The van der Waals surface area contributed by atoms with Crippen LogP contribution in [0.2, 0.25) is 0 Å². The van der Waals surface area contributed by atoms with E-state index in [0.717, 1.165) is 4.90 Å². The number of nitrogens with one attached hydrogen (secondary N) is 1. The number of nitrogens with zero attached hydrogens (tertiary/aromatic N) is 1. The van der Waals surface area contributed by atoms with E-state index >= 15 is 0 Å². The largest absolute Gasteiger partial charge is 0.481 e. The first-order chi connectivity index (χ1) is 12.7. The molecule has 0 radical (unpaired) electrons. The lowest BCUT2D eigenvalue weighted by Gasteiger charge is -2.27. The molecule has 0 unspecified atom stereocenters. The molecule has 27 heavy (non-hydrogen) atoms. The molecule has 1 aliphatic rings. The summed E-state index contributed by atoms with van der Waals surface area (Å²) in [6.07, 6.45) is 0.0927. The number of hydrogen-bond acceptors (Lipinski definition) is 5. The lowest BCUT2D eigenvalue weighted by atomic mass is 10.1. The van der Waals surface area contributed by atoms with Gasteiger partial charge in [0.2, 0.25) is 15.9 Å². The predicted octanol–water partition coefficient (Wildman–Crippen LogP) is 0.415. The van der Waals surface area contributed by atoms with Gasteiger partial charge in [0, 0.05) is 13.0 Å². The molecule has 1 aliphatic heterocycles. The monoisotopic (exact) mass is 398 g/mol. The van der Waals surface area contributed by atoms with Crippen molar-refractivity contribution in [2.24, 2.45) is 0 Å². The SMILES string of the molecule is O=C(O)CC[C@@H](NS(=O)(=O)Cc1ccccc1)C(=O)N1CCC[C@H]1C(=O)O. The molecule has 0 saturated carbocycles. The van der Waals surface area contributed by atoms with Gasteiger partial charge in [0.1, 0.15) is 12.1 Å². The van der Waals surface area contributed by atoms with E-state index in [1.807, 2.05) is 0 Å². The van der Waals surface area contributed by atoms with Gasteiger partial charge in [-0.2, -0.15) is 0 Å². The van der Waals surface area contributed by atoms with Crippen LogP contribution in [-0.4, -0.2) is 60.0 Å². The number of rotatable bonds is 9. The number of carboxylic acid groups (broad SMARTS) is 2. The Kier molecular flexibility index (Phi) is 6.92. The number of sulfonamides is 1. The second-order valence-electron chi connectivity index (χ2n) is 6.38. The minimum Gasteiger partial charge on any atom is -0.481 e. The Hall–Kier alpha value is -2.46. The van der Waals surface area contributed by atoms with Crippen molar-refractivity contribution < 1.29 is 33.0 Å². The van der Waals surface area contributed by atoms with Crippen LogP contribution >= 0.6 is 0 Å². The fourth-order valence-corrected chi connectivity index (χ4v) is 4.41. The van der Waals surface area contributed by atoms with Gasteiger partial charge in [-0.1, -0.05) is 30.3 Å². The zero-order chi connectivity index (χ0) is 20.0. The number of benzene rings is 1. The van der Waals surface area contributed by atoms with E-state index in [2.05, 4.69) is 4.72 Å². The summed E-state index contributed by atoms with van der Waals surface area (Å²) in [5.74, 6) is -3.42. The lowest BCUT2D eigenvalue weighted by molar-refractivity contribution is -0.149. The molecule has 0 bridgehead atoms. The molecule has 1 heterocycles. The zero-order valence-corrected chi connectivity index (χ0v) is 15.4. The fraction of sp³-hybridized carbons (Fsp3) is 0.471. The minimum absolute atomic E-state index is 0.194. The number of carbonyl (C=O) groups is 3. The van der Waals surface area contributed by atoms with Crippen LogP contribution in [0.1, 0.15) is 31.2 Å². The smallest absolute Gasteiger partial charge is 0.326 e. The van der Waals surface area contributed by atoms with Crippen LogP contribution in [0.15, 0.2) is 30.3 Å². The molecule has 1 aromatic rings. The summed E-state index contributed by atoms with van der Waals surface area (Å²) in [5.41, 5.74) is 0.513. The van der Waals surface area contributed by atoms with E-state index in [-0.39, 0.29) is 25.1 Å². The van der Waals surface area contributed by atoms with Crippen molar-refractivity contribution in [1.82, 2.24) is 9.62 Å². The van der Waals surface area contributed by atoms with Crippen LogP contribution in [0.4, 0.5) is 0 Å². The molecule has 1 saturated heterocycles. The van der Waals surface area contributed by atoms with Crippen LogP contribution in [0.5, 0.6) is 0 Å². The molecule has 3 N–H and O–H groups in total. The molecule has 1 amide bonds. The van der Waals surface area contributed by atoms with E-state index < -0.39 is 46.4 Å². The van der Waals surface area contributed by atoms with Crippen molar-refractivity contribution in [1.29, 1.82) is 0 Å². The quantitative estimate of drug-likeness (QED) is 0.547. The average molecular weight is 398 g/mol. The highest BCUT2D eigenvalue weighted by atomic mass is 32.2. The first-order valence-corrected chi connectivity index (χ1v) is 10.1. The first-order valence-electron chi connectivity index (χ1n) is 8.48. The van der Waals surface area contributed by atoms with Crippen molar-refractivity contribution in [2.75, 3.05) is 6.54 Å². The third kappa shape index (κ3) is 6.04. The van der Waals surface area contributed by atoms with Crippen LogP contribution < -0.4 is 4.72 Å². The Morgan fingerprint density at radius 1 is 1.19 bits per heavy atom. The Bertz CT molecular complexity index is 795. The summed E-state index contributed by atoms with van der Waals surface area (Å²) in [6.45, 7) is 0.194. The molecule has 2 rings (SSSR count). The van der Waals surface area contributed by atoms with Gasteiger partial charge in [-0.3, -0.25) is 9.59 Å². The van der Waals surface area contributed by atoms with Crippen LogP contribution in [-0.2, 0) is 30.2 Å². The van der Waals surface area contributed by atoms with E-state index in [4.69, 9.17) is 5.11 Å². The molecule has 1 aromatic carbocycles. The van der Waals surface area contributed by atoms with E-state index in [1.165, 1.54) is 0 Å². The highest BCUT2D eigenvalue weighted by Crippen LogP contribution is 2.20. The van der Waals surface area contributed by atoms with Gasteiger partial charge < -0.3 is 15.1 Å². The molecule has 1 fully saturated rings. The van der Waals surface area contributed by atoms with Crippen molar-refractivity contribution in [3.8, 4) is 0 Å². The van der Waals surface area contributed by atoms with Crippen molar-refractivity contribution in [3.05, 3.63) is 35.9 Å². The Morgan fingerprint density at radius 3 is 2.44 bits per heavy atom. The molecule has 10 heteroatoms. The second kappa shape index (κ2) is 8.96. The fourth-order valence-electron chi connectivity index (χ4n) is 3.04. The molecule has 9 nitrogen and oxygen atoms in total. The van der Waals surface area contributed by atoms with Gasteiger partial charge in [0.25, 0.3) is 0 Å². The average Bonchev–Trinajstić information content (AvgIpc) is 3.08. The molecular weight excluding hydrogens is 376 g/mol. The van der Waals surface area contributed by atoms with Crippen LogP contribution in [0.25, 0.3) is 0 Å². The maximum atomic E-state index is 12.7. The van der Waals surface area contributed by atoms with Gasteiger partial charge in [0.15, 0.2) is 0 Å². The first kappa shape index (κ1) is 20.8. The summed E-state index contributed by atoms with van der Waals surface area (Å²) < 4.78 is 27.1. The second-order valence-corrected chi connectivity index (χ2v) is 8.13. The lowest BCUT2D eigenvalue weighted by Crippen LogP contribution is -2.51. The summed E-state index contributed by atoms with van der Waals surface area (Å²) in [7, 11) is -3.93. The molecule has 148 valence electrons. The zero-order valence-electron chi connectivity index (χ0n) is 14.6. The highest BCUT2D eigenvalue weighted by molar-refractivity contribution is 7.88. The van der Waals surface area contributed by atoms with Crippen molar-refractivity contribution in [3.63, 3.8) is 0 Å². The maximum Gasteiger partial charge on any atom is 0.326 e. The summed E-state index contributed by atoms with van der Waals surface area (Å²) >= 11 is 0. The number of carbonyl (C=O) groups excluding carboxylic acids is 1. The van der Waals surface area contributed by atoms with E-state index in [0.29, 0.717) is 12.0 Å². The highest BCUT2D eigenvalue weighted by Gasteiger charge is 2.38. The number of aliphatic carboxylic acids is 2. The van der Waals surface area contributed by atoms with Gasteiger partial charge in [-0.25, -0.2) is 17.9 Å². The Balaban J connectivity index is 2.16. The predicted molar refractivity (Wildman–Crippen MR) is 95.2 cm³/mol. The molecule has 0 aromatic heterocycles. The molecule has 2 atom stereocenters. The number of hydrogen-bond donors (Lipinski definition) is 3. The minimum atomic E-state index is -3.93. The summed E-state index contributed by atoms with van der Waals surface area (Å²) in [6, 6.07) is 5.99. The normalized spacial score (nSPS) is 18.2. The van der Waals surface area contributed by atoms with Gasteiger partial charge in [-0.15, -0.1) is 0 Å². The topological polar surface area (TPSA) is 141 Å². The number of carboxylic acids is 2. The third-order valence-electron chi connectivity index (χ3n) is 4.29. The number of amides is 1. The van der Waals surface area contributed by atoms with Gasteiger partial charge in [0.05, 0.1) is 5.75 Å². The van der Waals surface area contributed by atoms with Crippen molar-refractivity contribution >= 4 is 27.9 Å². The molecule has 0 spiro atoms. The summed E-state index contributed by atoms with van der Waals surface area (Å²) in [4.78, 5) is 36.0. The Morgan fingerprint density at radius 2 is 1.85 bits per heavy atom. The number of likely N-dealkylation sites (tertiary alicyclic amines) is 1. The van der Waals surface area contributed by atoms with Crippen LogP contribution in [0.3, 0.4) is 0 Å². The summed E-state index contributed by atoms with van der Waals surface area (Å²) in [5, 5.41) is 18.1. The van der Waals surface area contributed by atoms with Crippen molar-refractivity contribution in [2.45, 2.75) is 43.5 Å². The standard InChI is InChI=1S/C17H22N2O7S/c20-15(21)9-8-13(16(22)19-10-4-7-14(19)17(23)24)18-27(25,26)11-12-5-2-1-3-6-12/h1-3,5-6,13-14,18H,4,7-11H2,(H,20,21)(H,23,24)/t13-,14+/m1/s1. The van der Waals surface area contributed by atoms with E-state index in [9.17, 15) is 27.9 Å². The molecule has 0 aliphatic carbocycles. The van der Waals surface area contributed by atoms with Gasteiger partial charge >= 0.3 is 11.9 Å². The Labute approximate surface area is 157 Å². The maximum absolute atomic E-state index is 12.7.